The highest BCUT2D eigenvalue weighted by Crippen LogP contribution is 2.41. The topological polar surface area (TPSA) is 20.2 Å². The van der Waals surface area contributed by atoms with Crippen LogP contribution in [0.15, 0.2) is 12.2 Å². The Hall–Kier alpha value is -0.740. The monoisotopic (exact) mass is 204 g/mol. The van der Waals surface area contributed by atoms with Crippen LogP contribution in [0.5, 0.6) is 0 Å². The molecule has 3 aliphatic rings. The van der Waals surface area contributed by atoms with Gasteiger partial charge in [-0.25, -0.2) is 0 Å². The highest BCUT2D eigenvalue weighted by Gasteiger charge is 2.30. The summed E-state index contributed by atoms with van der Waals surface area (Å²) in [6.07, 6.45) is 9.74. The molecule has 0 spiro atoms. The molecule has 3 atom stereocenters. The number of aliphatic hydroxyl groups is 1. The fourth-order valence-electron chi connectivity index (χ4n) is 2.68. The van der Waals surface area contributed by atoms with Crippen LogP contribution in [0.3, 0.4) is 0 Å². The molecule has 1 fully saturated rings. The molecule has 1 heteroatoms. The van der Waals surface area contributed by atoms with Crippen molar-refractivity contribution in [3.8, 4) is 11.8 Å². The summed E-state index contributed by atoms with van der Waals surface area (Å²) in [5.74, 6) is 8.36. The first-order valence-electron chi connectivity index (χ1n) is 5.95. The molecule has 0 aromatic carbocycles. The Bertz CT molecular complexity index is 310. The third-order valence-corrected chi connectivity index (χ3v) is 3.47. The maximum absolute atomic E-state index is 9.49. The highest BCUT2D eigenvalue weighted by atomic mass is 16.3. The molecule has 0 aromatic heterocycles. The van der Waals surface area contributed by atoms with E-state index in [9.17, 15) is 5.11 Å². The minimum absolute atomic E-state index is 0.739. The smallest absolute Gasteiger partial charge is 0.119 e. The van der Waals surface area contributed by atoms with Crippen LogP contribution in [-0.4, -0.2) is 10.7 Å². The van der Waals surface area contributed by atoms with Gasteiger partial charge in [0.1, 0.15) is 5.60 Å². The van der Waals surface area contributed by atoms with Crippen molar-refractivity contribution in [1.29, 1.82) is 0 Å². The molecule has 0 amide bonds. The Kier molecular flexibility index (Phi) is 2.89. The van der Waals surface area contributed by atoms with E-state index in [2.05, 4.69) is 24.0 Å². The van der Waals surface area contributed by atoms with E-state index >= 15 is 0 Å². The SMILES string of the molecule is CC(C)(O)C#CC[C@@H]1C[C@@H]2C=C[C@H]1CC2. The van der Waals surface area contributed by atoms with E-state index in [-0.39, 0.29) is 0 Å². The van der Waals surface area contributed by atoms with Gasteiger partial charge in [0.25, 0.3) is 0 Å². The Morgan fingerprint density at radius 3 is 2.60 bits per heavy atom. The summed E-state index contributed by atoms with van der Waals surface area (Å²) in [5, 5.41) is 9.49. The van der Waals surface area contributed by atoms with E-state index in [0.717, 1.165) is 24.2 Å². The normalized spacial score (nSPS) is 33.7. The molecule has 82 valence electrons. The predicted molar refractivity (Wildman–Crippen MR) is 62.2 cm³/mol. The van der Waals surface area contributed by atoms with Crippen molar-refractivity contribution in [2.24, 2.45) is 17.8 Å². The second kappa shape index (κ2) is 4.02. The van der Waals surface area contributed by atoms with Crippen molar-refractivity contribution in [3.05, 3.63) is 12.2 Å². The van der Waals surface area contributed by atoms with Crippen molar-refractivity contribution in [2.45, 2.75) is 45.1 Å². The molecule has 0 heterocycles. The molecule has 0 aliphatic heterocycles. The molecule has 0 radical (unpaired) electrons. The van der Waals surface area contributed by atoms with E-state index in [4.69, 9.17) is 0 Å². The lowest BCUT2D eigenvalue weighted by molar-refractivity contribution is 0.143. The summed E-state index contributed by atoms with van der Waals surface area (Å²) in [6, 6.07) is 0. The maximum Gasteiger partial charge on any atom is 0.119 e. The van der Waals surface area contributed by atoms with Gasteiger partial charge in [0.15, 0.2) is 0 Å². The van der Waals surface area contributed by atoms with E-state index in [1.54, 1.807) is 13.8 Å². The van der Waals surface area contributed by atoms with Crippen LogP contribution in [0, 0.1) is 29.6 Å². The molecule has 0 aromatic rings. The quantitative estimate of drug-likeness (QED) is 0.514. The summed E-state index contributed by atoms with van der Waals surface area (Å²) in [4.78, 5) is 0. The second-order valence-corrected chi connectivity index (χ2v) is 5.45. The first kappa shape index (κ1) is 10.8. The number of rotatable bonds is 1. The van der Waals surface area contributed by atoms with Gasteiger partial charge in [0.05, 0.1) is 0 Å². The molecule has 1 nitrogen and oxygen atoms in total. The fraction of sp³-hybridized carbons (Fsp3) is 0.714. The average Bonchev–Trinajstić information content (AvgIpc) is 2.17. The van der Waals surface area contributed by atoms with Crippen LogP contribution in [0.4, 0.5) is 0 Å². The van der Waals surface area contributed by atoms with Crippen LogP contribution in [0.2, 0.25) is 0 Å². The van der Waals surface area contributed by atoms with Gasteiger partial charge in [-0.05, 0) is 50.9 Å². The Morgan fingerprint density at radius 2 is 2.13 bits per heavy atom. The van der Waals surface area contributed by atoms with Crippen molar-refractivity contribution in [1.82, 2.24) is 0 Å². The highest BCUT2D eigenvalue weighted by molar-refractivity contribution is 5.13. The lowest BCUT2D eigenvalue weighted by Gasteiger charge is -2.37. The zero-order valence-electron chi connectivity index (χ0n) is 9.66. The van der Waals surface area contributed by atoms with Gasteiger partial charge in [-0.1, -0.05) is 24.0 Å². The zero-order chi connectivity index (χ0) is 10.9. The molecule has 3 aliphatic carbocycles. The molecule has 15 heavy (non-hydrogen) atoms. The summed E-state index contributed by atoms with van der Waals surface area (Å²) in [6.45, 7) is 3.49. The van der Waals surface area contributed by atoms with E-state index in [0.29, 0.717) is 0 Å². The molecular weight excluding hydrogens is 184 g/mol. The Balaban J connectivity index is 1.91. The Labute approximate surface area is 92.6 Å². The van der Waals surface area contributed by atoms with Crippen molar-refractivity contribution in [2.75, 3.05) is 0 Å². The number of fused-ring (bicyclic) bond motifs is 2. The van der Waals surface area contributed by atoms with E-state index < -0.39 is 5.60 Å². The number of allylic oxidation sites excluding steroid dienone is 2. The van der Waals surface area contributed by atoms with E-state index in [1.165, 1.54) is 19.3 Å². The molecule has 3 rings (SSSR count). The molecule has 1 N–H and O–H groups in total. The van der Waals surface area contributed by atoms with E-state index in [1.807, 2.05) is 0 Å². The lowest BCUT2D eigenvalue weighted by Crippen LogP contribution is -2.26. The minimum atomic E-state index is -0.830. The first-order chi connectivity index (χ1) is 7.04. The minimum Gasteiger partial charge on any atom is -0.378 e. The van der Waals surface area contributed by atoms with Crippen LogP contribution < -0.4 is 0 Å². The first-order valence-corrected chi connectivity index (χ1v) is 5.95. The average molecular weight is 204 g/mol. The lowest BCUT2D eigenvalue weighted by atomic mass is 9.68. The summed E-state index contributed by atoms with van der Waals surface area (Å²) in [7, 11) is 0. The van der Waals surface area contributed by atoms with Crippen molar-refractivity contribution in [3.63, 3.8) is 0 Å². The fourth-order valence-corrected chi connectivity index (χ4v) is 2.68. The van der Waals surface area contributed by atoms with Gasteiger partial charge in [-0.15, -0.1) is 0 Å². The summed E-state index contributed by atoms with van der Waals surface area (Å²) in [5.41, 5.74) is -0.830. The second-order valence-electron chi connectivity index (χ2n) is 5.45. The third-order valence-electron chi connectivity index (χ3n) is 3.47. The van der Waals surface area contributed by atoms with Gasteiger partial charge >= 0.3 is 0 Å². The Morgan fingerprint density at radius 1 is 1.33 bits per heavy atom. The van der Waals surface area contributed by atoms with Crippen molar-refractivity contribution < 1.29 is 5.11 Å². The molecule has 0 unspecified atom stereocenters. The molecule has 2 bridgehead atoms. The van der Waals surface area contributed by atoms with Crippen LogP contribution in [0.1, 0.15) is 39.5 Å². The van der Waals surface area contributed by atoms with Gasteiger partial charge in [-0.2, -0.15) is 0 Å². The maximum atomic E-state index is 9.49. The molecule has 0 saturated heterocycles. The third kappa shape index (κ3) is 2.86. The van der Waals surface area contributed by atoms with Gasteiger partial charge < -0.3 is 5.11 Å². The largest absolute Gasteiger partial charge is 0.378 e. The predicted octanol–water partition coefficient (Wildman–Crippen LogP) is 2.75. The zero-order valence-corrected chi connectivity index (χ0v) is 9.66. The van der Waals surface area contributed by atoms with Crippen LogP contribution >= 0.6 is 0 Å². The van der Waals surface area contributed by atoms with Crippen LogP contribution in [-0.2, 0) is 0 Å². The van der Waals surface area contributed by atoms with Crippen LogP contribution in [0.25, 0.3) is 0 Å². The standard InChI is InChI=1S/C14H20O/c1-14(2,15)9-3-4-13-10-11-5-7-12(13)8-6-11/h5,7,11-13,15H,4,6,8,10H2,1-2H3/t11-,12+,13-/m1/s1. The van der Waals surface area contributed by atoms with Gasteiger partial charge in [0.2, 0.25) is 0 Å². The van der Waals surface area contributed by atoms with Crippen molar-refractivity contribution >= 4 is 0 Å². The van der Waals surface area contributed by atoms with Gasteiger partial charge in [-0.3, -0.25) is 0 Å². The number of hydrogen-bond acceptors (Lipinski definition) is 1. The molecular formula is C14H20O. The summed E-state index contributed by atoms with van der Waals surface area (Å²) < 4.78 is 0. The number of hydrogen-bond donors (Lipinski definition) is 1. The molecule has 1 saturated carbocycles. The van der Waals surface area contributed by atoms with Gasteiger partial charge in [0, 0.05) is 6.42 Å². The summed E-state index contributed by atoms with van der Waals surface area (Å²) >= 11 is 0.